The molecule has 1 heterocycles. The number of aliphatic hydroxyl groups is 3. The first-order valence-corrected chi connectivity index (χ1v) is 13.7. The first-order chi connectivity index (χ1) is 18.9. The average molecular weight is 553 g/mol. The van der Waals surface area contributed by atoms with Gasteiger partial charge >= 0.3 is 0 Å². The largest absolute Gasteiger partial charge is 0.510 e. The molecule has 216 valence electrons. The van der Waals surface area contributed by atoms with Gasteiger partial charge in [0.1, 0.15) is 35.4 Å². The predicted molar refractivity (Wildman–Crippen MR) is 152 cm³/mol. The van der Waals surface area contributed by atoms with Crippen molar-refractivity contribution in [2.45, 2.75) is 83.7 Å². The van der Waals surface area contributed by atoms with Gasteiger partial charge in [-0.15, -0.1) is 0 Å². The van der Waals surface area contributed by atoms with Crippen molar-refractivity contribution in [3.05, 3.63) is 83.0 Å². The van der Waals surface area contributed by atoms with Gasteiger partial charge < -0.3 is 30.7 Å². The van der Waals surface area contributed by atoms with Crippen molar-refractivity contribution >= 4 is 17.6 Å². The average Bonchev–Trinajstić information content (AvgIpc) is 3.66. The van der Waals surface area contributed by atoms with Crippen molar-refractivity contribution in [1.82, 2.24) is 10.6 Å². The van der Waals surface area contributed by atoms with Gasteiger partial charge in [-0.1, -0.05) is 68.7 Å². The van der Waals surface area contributed by atoms with Crippen molar-refractivity contribution in [3.63, 3.8) is 0 Å². The minimum Gasteiger partial charge on any atom is -0.510 e. The molecule has 0 aromatic heterocycles. The molecule has 40 heavy (non-hydrogen) atoms. The van der Waals surface area contributed by atoms with Crippen molar-refractivity contribution in [1.29, 1.82) is 0 Å². The lowest BCUT2D eigenvalue weighted by Crippen LogP contribution is -2.44. The summed E-state index contributed by atoms with van der Waals surface area (Å²) < 4.78 is 5.49. The summed E-state index contributed by atoms with van der Waals surface area (Å²) in [5.74, 6) is -0.943. The number of carbonyl (C=O) groups is 3. The number of epoxide rings is 1. The number of allylic oxidation sites excluding steroid dienone is 9. The molecule has 3 rings (SSSR count). The Labute approximate surface area is 235 Å². The number of aliphatic hydroxyl groups excluding tert-OH is 2. The number of Topliss-reactive ketones (excluding diaryl/α,β-unsaturated/α-hetero) is 1. The zero-order valence-corrected chi connectivity index (χ0v) is 23.5. The van der Waals surface area contributed by atoms with E-state index in [-0.39, 0.29) is 41.7 Å². The topological polar surface area (TPSA) is 148 Å². The maximum absolute atomic E-state index is 12.8. The number of rotatable bonds is 12. The standard InChI is InChI=1S/C31H40N2O7/c1-5-6-11-19(2)16-20(3)17-21(4)30(38)32-22-18-31(39,29-28(40-29)27(22)37)15-10-8-7-9-12-25(36)33-26-23(34)13-14-24(26)35/h7-10,12,15-19,27-29,34,37,39H,5-6,11,13-14H2,1-4H3,(H,32,38)(H,33,36)/b8-7+,12-9+,15-10+,20-16+,21-17+/t19-,27+,28-,29-,31+/m1/s1. The van der Waals surface area contributed by atoms with Gasteiger partial charge in [0.15, 0.2) is 5.78 Å². The van der Waals surface area contributed by atoms with Crippen molar-refractivity contribution in [2.24, 2.45) is 5.92 Å². The molecule has 5 N–H and O–H groups in total. The first-order valence-electron chi connectivity index (χ1n) is 13.7. The first kappa shape index (κ1) is 31.0. The Morgan fingerprint density at radius 3 is 2.58 bits per heavy atom. The van der Waals surface area contributed by atoms with Gasteiger partial charge in [0, 0.05) is 30.2 Å². The molecule has 0 aromatic carbocycles. The second kappa shape index (κ2) is 13.7. The van der Waals surface area contributed by atoms with E-state index in [1.54, 1.807) is 31.2 Å². The third-order valence-corrected chi connectivity index (χ3v) is 6.97. The van der Waals surface area contributed by atoms with Gasteiger partial charge in [0.2, 0.25) is 5.91 Å². The van der Waals surface area contributed by atoms with Gasteiger partial charge in [-0.2, -0.15) is 0 Å². The smallest absolute Gasteiger partial charge is 0.251 e. The van der Waals surface area contributed by atoms with Crippen LogP contribution in [0.4, 0.5) is 0 Å². The second-order valence-electron chi connectivity index (χ2n) is 10.6. The van der Waals surface area contributed by atoms with Crippen molar-refractivity contribution in [3.8, 4) is 0 Å². The molecular formula is C31H40N2O7. The van der Waals surface area contributed by atoms with Crippen LogP contribution in [0.2, 0.25) is 0 Å². The molecule has 0 bridgehead atoms. The van der Waals surface area contributed by atoms with Crippen LogP contribution in [0.25, 0.3) is 0 Å². The number of ketones is 1. The summed E-state index contributed by atoms with van der Waals surface area (Å²) in [6, 6.07) is 0. The molecular weight excluding hydrogens is 512 g/mol. The van der Waals surface area contributed by atoms with Crippen molar-refractivity contribution in [2.75, 3.05) is 0 Å². The Kier molecular flexibility index (Phi) is 10.6. The van der Waals surface area contributed by atoms with Crippen LogP contribution in [0, 0.1) is 5.92 Å². The van der Waals surface area contributed by atoms with Crippen LogP contribution in [-0.2, 0) is 19.1 Å². The van der Waals surface area contributed by atoms with Gasteiger partial charge in [-0.05, 0) is 38.3 Å². The Morgan fingerprint density at radius 2 is 1.90 bits per heavy atom. The zero-order valence-electron chi connectivity index (χ0n) is 23.5. The third-order valence-electron chi connectivity index (χ3n) is 6.97. The van der Waals surface area contributed by atoms with E-state index >= 15 is 0 Å². The monoisotopic (exact) mass is 552 g/mol. The van der Waals surface area contributed by atoms with Gasteiger partial charge in [-0.3, -0.25) is 14.4 Å². The minimum atomic E-state index is -1.55. The van der Waals surface area contributed by atoms with E-state index in [2.05, 4.69) is 30.6 Å². The van der Waals surface area contributed by atoms with Crippen LogP contribution >= 0.6 is 0 Å². The lowest BCUT2D eigenvalue weighted by atomic mass is 9.87. The highest BCUT2D eigenvalue weighted by atomic mass is 16.6. The number of fused-ring (bicyclic) bond motifs is 1. The molecule has 5 atom stereocenters. The van der Waals surface area contributed by atoms with Gasteiger partial charge in [-0.25, -0.2) is 0 Å². The summed E-state index contributed by atoms with van der Waals surface area (Å²) in [4.78, 5) is 36.4. The Balaban J connectivity index is 1.60. The van der Waals surface area contributed by atoms with Crippen LogP contribution in [-0.4, -0.2) is 56.8 Å². The summed E-state index contributed by atoms with van der Waals surface area (Å²) in [6.45, 7) is 7.96. The lowest BCUT2D eigenvalue weighted by Gasteiger charge is -2.27. The quantitative estimate of drug-likeness (QED) is 0.141. The number of amides is 2. The van der Waals surface area contributed by atoms with Gasteiger partial charge in [0.25, 0.3) is 5.91 Å². The lowest BCUT2D eigenvalue weighted by molar-refractivity contribution is -0.119. The fourth-order valence-corrected chi connectivity index (χ4v) is 4.76. The molecule has 2 amide bonds. The number of hydrogen-bond acceptors (Lipinski definition) is 7. The molecule has 0 spiro atoms. The number of hydrogen-bond donors (Lipinski definition) is 5. The molecule has 0 radical (unpaired) electrons. The maximum Gasteiger partial charge on any atom is 0.251 e. The number of carbonyl (C=O) groups excluding carboxylic acids is 3. The highest BCUT2D eigenvalue weighted by Gasteiger charge is 2.59. The zero-order chi connectivity index (χ0) is 29.4. The Morgan fingerprint density at radius 1 is 1.18 bits per heavy atom. The van der Waals surface area contributed by atoms with Crippen LogP contribution in [0.5, 0.6) is 0 Å². The van der Waals surface area contributed by atoms with Gasteiger partial charge in [0.05, 0.1) is 0 Å². The summed E-state index contributed by atoms with van der Waals surface area (Å²) in [5.41, 5.74) is 0.0156. The van der Waals surface area contributed by atoms with E-state index in [4.69, 9.17) is 4.74 Å². The molecule has 0 saturated carbocycles. The molecule has 9 heteroatoms. The summed E-state index contributed by atoms with van der Waals surface area (Å²) in [6.07, 6.45) is 15.6. The van der Waals surface area contributed by atoms with E-state index in [1.165, 1.54) is 24.3 Å². The second-order valence-corrected chi connectivity index (χ2v) is 10.6. The SMILES string of the molecule is CCCC[C@@H](C)/C=C(C)/C=C(\C)C(=O)NC1=C[C@@](O)(/C=C/C=C/C=C/C(=O)NC2=C(O)CCC2=O)[C@@H]2O[C@@H]2[C@H]1O. The van der Waals surface area contributed by atoms with Crippen molar-refractivity contribution < 1.29 is 34.4 Å². The number of nitrogens with one attached hydrogen (secondary N) is 2. The summed E-state index contributed by atoms with van der Waals surface area (Å²) in [5, 5.41) is 36.4. The fourth-order valence-electron chi connectivity index (χ4n) is 4.76. The normalized spacial score (nSPS) is 27.9. The molecule has 1 fully saturated rings. The summed E-state index contributed by atoms with van der Waals surface area (Å²) >= 11 is 0. The van der Waals surface area contributed by atoms with Crippen LogP contribution < -0.4 is 10.6 Å². The third kappa shape index (κ3) is 8.24. The van der Waals surface area contributed by atoms with E-state index < -0.39 is 29.8 Å². The molecule has 0 unspecified atom stereocenters. The molecule has 1 aliphatic heterocycles. The number of unbranched alkanes of at least 4 members (excludes halogenated alkanes) is 1. The van der Waals surface area contributed by atoms with E-state index in [1.807, 2.05) is 6.92 Å². The molecule has 2 aliphatic carbocycles. The van der Waals surface area contributed by atoms with Crippen LogP contribution in [0.15, 0.2) is 83.0 Å². The van der Waals surface area contributed by atoms with Crippen LogP contribution in [0.1, 0.15) is 59.8 Å². The highest BCUT2D eigenvalue weighted by molar-refractivity contribution is 6.03. The highest BCUT2D eigenvalue weighted by Crippen LogP contribution is 2.42. The van der Waals surface area contributed by atoms with E-state index in [0.29, 0.717) is 11.5 Å². The predicted octanol–water partition coefficient (Wildman–Crippen LogP) is 3.50. The maximum atomic E-state index is 12.8. The molecule has 1 saturated heterocycles. The van der Waals surface area contributed by atoms with E-state index in [9.17, 15) is 29.7 Å². The van der Waals surface area contributed by atoms with E-state index in [0.717, 1.165) is 24.8 Å². The molecule has 9 nitrogen and oxygen atoms in total. The summed E-state index contributed by atoms with van der Waals surface area (Å²) in [7, 11) is 0. The fraction of sp³-hybridized carbons (Fsp3) is 0.452. The molecule has 0 aromatic rings. The Bertz CT molecular complexity index is 1220. The minimum absolute atomic E-state index is 0.0665. The molecule has 3 aliphatic rings. The Hall–Kier alpha value is -3.53. The number of ether oxygens (including phenoxy) is 1. The van der Waals surface area contributed by atoms with Crippen LogP contribution in [0.3, 0.4) is 0 Å².